The Bertz CT molecular complexity index is 452. The molecule has 0 saturated heterocycles. The van der Waals surface area contributed by atoms with Gasteiger partial charge in [-0.3, -0.25) is 4.79 Å². The summed E-state index contributed by atoms with van der Waals surface area (Å²) in [5, 5.41) is 1.19. The number of nitrogens with one attached hydrogen (secondary N) is 1. The summed E-state index contributed by atoms with van der Waals surface area (Å²) in [6.07, 6.45) is -6.05. The lowest BCUT2D eigenvalue weighted by Crippen LogP contribution is -2.47. The van der Waals surface area contributed by atoms with Crippen LogP contribution in [0.1, 0.15) is 0 Å². The summed E-state index contributed by atoms with van der Waals surface area (Å²) in [6, 6.07) is 3.15. The van der Waals surface area contributed by atoms with Gasteiger partial charge in [-0.05, 0) is 28.1 Å². The van der Waals surface area contributed by atoms with Crippen LogP contribution >= 0.6 is 15.9 Å². The fraction of sp³-hybridized carbons (Fsp3) is 0.222. The molecule has 2 nitrogen and oxygen atoms in total. The minimum absolute atomic E-state index is 0.158. The molecule has 9 heteroatoms. The van der Waals surface area contributed by atoms with Crippen LogP contribution in [0.25, 0.3) is 0 Å². The lowest BCUT2D eigenvalue weighted by Gasteiger charge is -2.19. The predicted octanol–water partition coefficient (Wildman–Crippen LogP) is 3.72. The second-order valence-corrected chi connectivity index (χ2v) is 3.98. The number of hydrogen-bond acceptors (Lipinski definition) is 1. The fourth-order valence-electron chi connectivity index (χ4n) is 0.938. The maximum atomic E-state index is 13.1. The molecule has 0 aliphatic carbocycles. The lowest BCUT2D eigenvalue weighted by atomic mass is 10.2. The number of para-hydroxylation sites is 1. The van der Waals surface area contributed by atoms with E-state index < -0.39 is 29.5 Å². The van der Waals surface area contributed by atoms with Crippen molar-refractivity contribution in [2.75, 3.05) is 5.32 Å². The van der Waals surface area contributed by atoms with E-state index in [-0.39, 0.29) is 4.47 Å². The van der Waals surface area contributed by atoms with E-state index in [4.69, 9.17) is 0 Å². The van der Waals surface area contributed by atoms with E-state index in [1.165, 1.54) is 17.4 Å². The van der Waals surface area contributed by atoms with Crippen LogP contribution in [0.4, 0.5) is 32.0 Å². The summed E-state index contributed by atoms with van der Waals surface area (Å²) < 4.78 is 73.8. The molecule has 0 unspecified atom stereocenters. The highest BCUT2D eigenvalue weighted by Crippen LogP contribution is 2.37. The minimum Gasteiger partial charge on any atom is -0.317 e. The number of alkyl halides is 5. The largest absolute Gasteiger partial charge is 0.463 e. The smallest absolute Gasteiger partial charge is 0.317 e. The van der Waals surface area contributed by atoms with Crippen LogP contribution in [-0.2, 0) is 4.79 Å². The molecule has 1 N–H and O–H groups in total. The molecule has 0 aromatic heterocycles. The van der Waals surface area contributed by atoms with Crippen molar-refractivity contribution in [2.45, 2.75) is 12.1 Å². The van der Waals surface area contributed by atoms with Gasteiger partial charge in [-0.1, -0.05) is 6.07 Å². The van der Waals surface area contributed by atoms with Gasteiger partial charge < -0.3 is 5.32 Å². The van der Waals surface area contributed by atoms with Gasteiger partial charge in [0.1, 0.15) is 5.82 Å². The molecule has 0 bridgehead atoms. The van der Waals surface area contributed by atoms with Crippen molar-refractivity contribution in [3.8, 4) is 0 Å². The summed E-state index contributed by atoms with van der Waals surface area (Å²) in [7, 11) is 0. The van der Waals surface area contributed by atoms with E-state index in [2.05, 4.69) is 15.9 Å². The molecule has 1 aromatic rings. The van der Waals surface area contributed by atoms with Gasteiger partial charge in [0.15, 0.2) is 0 Å². The highest BCUT2D eigenvalue weighted by atomic mass is 79.9. The summed E-state index contributed by atoms with van der Waals surface area (Å²) in [6.45, 7) is 0. The Labute approximate surface area is 105 Å². The number of hydrogen-bond donors (Lipinski definition) is 1. The third-order valence-corrected chi connectivity index (χ3v) is 2.50. The molecule has 0 spiro atoms. The molecule has 100 valence electrons. The topological polar surface area (TPSA) is 29.1 Å². The average Bonchev–Trinajstić information content (AvgIpc) is 2.21. The molecule has 0 heterocycles. The molecule has 0 aliphatic heterocycles. The summed E-state index contributed by atoms with van der Waals surface area (Å²) in [4.78, 5) is 10.8. The SMILES string of the molecule is O=C(Nc1c(F)cccc1Br)C(F)(F)C(F)(F)F. The second-order valence-electron chi connectivity index (χ2n) is 3.12. The third-order valence-electron chi connectivity index (χ3n) is 1.84. The lowest BCUT2D eigenvalue weighted by molar-refractivity contribution is -0.267. The molecular formula is C9H4BrF6NO. The van der Waals surface area contributed by atoms with Gasteiger partial charge in [-0.15, -0.1) is 0 Å². The first-order chi connectivity index (χ1) is 8.07. The van der Waals surface area contributed by atoms with Crippen LogP contribution in [0.15, 0.2) is 22.7 Å². The van der Waals surface area contributed by atoms with Gasteiger partial charge in [0.25, 0.3) is 0 Å². The first-order valence-corrected chi connectivity index (χ1v) is 5.06. The van der Waals surface area contributed by atoms with Crippen LogP contribution in [0.3, 0.4) is 0 Å². The van der Waals surface area contributed by atoms with Crippen LogP contribution in [0, 0.1) is 5.82 Å². The molecule has 0 aliphatic rings. The van der Waals surface area contributed by atoms with Crippen LogP contribution in [-0.4, -0.2) is 18.0 Å². The molecule has 1 amide bonds. The predicted molar refractivity (Wildman–Crippen MR) is 53.7 cm³/mol. The molecule has 18 heavy (non-hydrogen) atoms. The molecule has 1 rings (SSSR count). The first-order valence-electron chi connectivity index (χ1n) is 4.27. The third kappa shape index (κ3) is 2.77. The number of rotatable bonds is 2. The zero-order valence-corrected chi connectivity index (χ0v) is 9.87. The maximum Gasteiger partial charge on any atom is 0.463 e. The quantitative estimate of drug-likeness (QED) is 0.820. The molecule has 0 atom stereocenters. The highest BCUT2D eigenvalue weighted by Gasteiger charge is 2.63. The van der Waals surface area contributed by atoms with Gasteiger partial charge in [-0.25, -0.2) is 4.39 Å². The molecule has 0 radical (unpaired) electrons. The van der Waals surface area contributed by atoms with Gasteiger partial charge >= 0.3 is 18.0 Å². The Balaban J connectivity index is 3.03. The number of anilines is 1. The minimum atomic E-state index is -6.05. The van der Waals surface area contributed by atoms with Gasteiger partial charge in [0.2, 0.25) is 0 Å². The Hall–Kier alpha value is -1.25. The Morgan fingerprint density at radius 3 is 2.17 bits per heavy atom. The maximum absolute atomic E-state index is 13.1. The zero-order valence-electron chi connectivity index (χ0n) is 8.29. The monoisotopic (exact) mass is 335 g/mol. The van der Waals surface area contributed by atoms with Crippen molar-refractivity contribution in [1.82, 2.24) is 0 Å². The first kappa shape index (κ1) is 14.8. The molecular weight excluding hydrogens is 332 g/mol. The number of carbonyl (C=O) groups excluding carboxylic acids is 1. The van der Waals surface area contributed by atoms with E-state index in [1.54, 1.807) is 0 Å². The average molecular weight is 336 g/mol. The van der Waals surface area contributed by atoms with Crippen molar-refractivity contribution < 1.29 is 31.1 Å². The van der Waals surface area contributed by atoms with Gasteiger partial charge in [0, 0.05) is 4.47 Å². The van der Waals surface area contributed by atoms with Crippen LogP contribution < -0.4 is 5.32 Å². The normalized spacial score (nSPS) is 12.4. The Morgan fingerprint density at radius 1 is 1.17 bits per heavy atom. The zero-order chi connectivity index (χ0) is 14.1. The van der Waals surface area contributed by atoms with Crippen LogP contribution in [0.5, 0.6) is 0 Å². The number of amides is 1. The standard InChI is InChI=1S/C9H4BrF6NO/c10-4-2-1-3-5(11)6(4)17-7(18)8(12,13)9(14,15)16/h1-3H,(H,17,18). The summed E-state index contributed by atoms with van der Waals surface area (Å²) in [5.41, 5.74) is -0.786. The van der Waals surface area contributed by atoms with Crippen molar-refractivity contribution in [3.63, 3.8) is 0 Å². The second kappa shape index (κ2) is 4.79. The van der Waals surface area contributed by atoms with Crippen molar-refractivity contribution in [2.24, 2.45) is 0 Å². The van der Waals surface area contributed by atoms with E-state index in [0.29, 0.717) is 0 Å². The van der Waals surface area contributed by atoms with Crippen molar-refractivity contribution >= 4 is 27.5 Å². The van der Waals surface area contributed by atoms with Gasteiger partial charge in [-0.2, -0.15) is 22.0 Å². The van der Waals surface area contributed by atoms with Gasteiger partial charge in [0.05, 0.1) is 5.69 Å². The van der Waals surface area contributed by atoms with Crippen LogP contribution in [0.2, 0.25) is 0 Å². The summed E-state index contributed by atoms with van der Waals surface area (Å²) in [5.74, 6) is -9.40. The molecule has 1 aromatic carbocycles. The Morgan fingerprint density at radius 2 is 1.72 bits per heavy atom. The highest BCUT2D eigenvalue weighted by molar-refractivity contribution is 9.10. The number of halogens is 7. The molecule has 0 fully saturated rings. The fourth-order valence-corrected chi connectivity index (χ4v) is 1.38. The number of benzene rings is 1. The van der Waals surface area contributed by atoms with E-state index >= 15 is 0 Å². The summed E-state index contributed by atoms with van der Waals surface area (Å²) >= 11 is 2.71. The number of carbonyl (C=O) groups is 1. The van der Waals surface area contributed by atoms with Crippen molar-refractivity contribution in [3.05, 3.63) is 28.5 Å². The van der Waals surface area contributed by atoms with Crippen molar-refractivity contribution in [1.29, 1.82) is 0 Å². The van der Waals surface area contributed by atoms with E-state index in [9.17, 15) is 31.1 Å². The van der Waals surface area contributed by atoms with E-state index in [1.807, 2.05) is 0 Å². The molecule has 0 saturated carbocycles. The Kier molecular flexibility index (Phi) is 3.94. The van der Waals surface area contributed by atoms with E-state index in [0.717, 1.165) is 6.07 Å².